The number of aromatic nitrogens is 5. The average Bonchev–Trinajstić information content (AvgIpc) is 1.65. The van der Waals surface area contributed by atoms with E-state index in [1.54, 1.807) is 30.3 Å². The first kappa shape index (κ1) is 90.3. The number of aromatic hydroxyl groups is 1. The van der Waals surface area contributed by atoms with Crippen LogP contribution in [0.3, 0.4) is 0 Å². The summed E-state index contributed by atoms with van der Waals surface area (Å²) in [7, 11) is 3.00. The number of hydrogen-bond donors (Lipinski definition) is 6. The molecule has 11 aromatic rings. The van der Waals surface area contributed by atoms with Crippen LogP contribution >= 0.6 is 0 Å². The van der Waals surface area contributed by atoms with Gasteiger partial charge in [-0.2, -0.15) is 0 Å². The summed E-state index contributed by atoms with van der Waals surface area (Å²) < 4.78 is 110. The Balaban J connectivity index is 0.000000349. The number of carbonyl (C=O) groups excluding carboxylic acids is 3. The van der Waals surface area contributed by atoms with Crippen molar-refractivity contribution in [2.75, 3.05) is 43.3 Å². The molecule has 0 spiro atoms. The molecular formula is C68H54Cs2F6N12O21. The van der Waals surface area contributed by atoms with E-state index in [0.717, 1.165) is 47.4 Å². The molecule has 12 rings (SSSR count). The largest absolute Gasteiger partial charge is 1.00 e. The molecule has 0 atom stereocenters. The predicted octanol–water partition coefficient (Wildman–Crippen LogP) is 6.04. The molecule has 33 nitrogen and oxygen atoms in total. The van der Waals surface area contributed by atoms with Gasteiger partial charge in [-0.1, -0.05) is 18.2 Å². The van der Waals surface area contributed by atoms with Crippen LogP contribution in [0, 0.1) is 65.2 Å². The quantitative estimate of drug-likeness (QED) is 0.0160. The van der Waals surface area contributed by atoms with Crippen molar-refractivity contribution in [3.63, 3.8) is 0 Å². The number of anilines is 3. The van der Waals surface area contributed by atoms with E-state index in [1.807, 2.05) is 18.2 Å². The number of urea groups is 2. The number of nitro groups is 3. The summed E-state index contributed by atoms with van der Waals surface area (Å²) in [5, 5.41) is 50.6. The van der Waals surface area contributed by atoms with Crippen molar-refractivity contribution in [2.45, 2.75) is 0 Å². The molecule has 109 heavy (non-hydrogen) atoms. The molecule has 4 amide bonds. The van der Waals surface area contributed by atoms with Gasteiger partial charge in [-0.3, -0.25) is 54.4 Å². The number of nitrogens with two attached hydrogens (primary N) is 1. The van der Waals surface area contributed by atoms with Crippen molar-refractivity contribution in [1.82, 2.24) is 29.8 Å². The molecule has 41 heteroatoms. The van der Waals surface area contributed by atoms with Gasteiger partial charge in [-0.05, 0) is 84.9 Å². The van der Waals surface area contributed by atoms with Crippen LogP contribution in [0.4, 0.5) is 70.1 Å². The molecule has 0 bridgehead atoms. The number of pyridine rings is 5. The number of rotatable bonds is 16. The van der Waals surface area contributed by atoms with Crippen LogP contribution in [-0.4, -0.2) is 95.5 Å². The second kappa shape index (κ2) is 46.2. The molecule has 1 aliphatic heterocycles. The molecular weight excluding hydrogens is 1700 g/mol. The van der Waals surface area contributed by atoms with Gasteiger partial charge in [0.2, 0.25) is 28.4 Å². The second-order valence-electron chi connectivity index (χ2n) is 20.1. The zero-order chi connectivity index (χ0) is 78.1. The van der Waals surface area contributed by atoms with E-state index in [-0.39, 0.29) is 226 Å². The molecule has 6 heterocycles. The summed E-state index contributed by atoms with van der Waals surface area (Å²) in [6.07, 6.45) is 6.63. The van der Waals surface area contributed by atoms with E-state index in [0.29, 0.717) is 53.3 Å². The van der Waals surface area contributed by atoms with Gasteiger partial charge in [-0.15, -0.1) is 0 Å². The summed E-state index contributed by atoms with van der Waals surface area (Å²) in [4.78, 5) is 115. The van der Waals surface area contributed by atoms with Gasteiger partial charge in [0.15, 0.2) is 57.9 Å². The monoisotopic (exact) mass is 1750 g/mol. The van der Waals surface area contributed by atoms with E-state index in [2.05, 4.69) is 35.1 Å². The number of para-hydroxylation sites is 1. The van der Waals surface area contributed by atoms with E-state index < -0.39 is 67.4 Å². The number of nitrogens with zero attached hydrogens (tertiary/aromatic N) is 7. The van der Waals surface area contributed by atoms with Crippen LogP contribution in [0.1, 0.15) is 1.43 Å². The number of amides is 4. The summed E-state index contributed by atoms with van der Waals surface area (Å²) in [6.45, 7) is 0.409. The maximum Gasteiger partial charge on any atom is 1.00 e. The van der Waals surface area contributed by atoms with Crippen molar-refractivity contribution in [1.29, 1.82) is 0 Å². The smallest absolute Gasteiger partial charge is 1.00 e. The summed E-state index contributed by atoms with van der Waals surface area (Å²) in [5.74, 6) is -3.33. The average molecular weight is 1760 g/mol. The third-order valence-electron chi connectivity index (χ3n) is 12.9. The van der Waals surface area contributed by atoms with E-state index in [1.165, 1.54) is 129 Å². The first-order valence-corrected chi connectivity index (χ1v) is 29.6. The van der Waals surface area contributed by atoms with Crippen LogP contribution in [0.25, 0.3) is 0 Å². The van der Waals surface area contributed by atoms with E-state index in [4.69, 9.17) is 49.3 Å². The Morgan fingerprint density at radius 3 is 1.30 bits per heavy atom. The Labute approximate surface area is 727 Å². The van der Waals surface area contributed by atoms with Crippen LogP contribution < -0.4 is 204 Å². The van der Waals surface area contributed by atoms with Gasteiger partial charge >= 0.3 is 150 Å². The van der Waals surface area contributed by atoms with E-state index >= 15 is 0 Å². The zero-order valence-electron chi connectivity index (χ0n) is 57.8. The molecule has 1 aliphatic rings. The number of nitro benzene ring substituents is 3. The second-order valence-corrected chi connectivity index (χ2v) is 20.1. The van der Waals surface area contributed by atoms with Crippen LogP contribution in [-0.2, 0) is 9.68 Å². The fourth-order valence-corrected chi connectivity index (χ4v) is 7.92. The molecule has 1 saturated heterocycles. The Bertz CT molecular complexity index is 5020. The van der Waals surface area contributed by atoms with Crippen LogP contribution in [0.2, 0.25) is 0 Å². The van der Waals surface area contributed by atoms with Gasteiger partial charge in [0.25, 0.3) is 23.5 Å². The van der Waals surface area contributed by atoms with E-state index in [9.17, 15) is 80.7 Å². The number of carbonyl (C=O) groups is 3. The topological polar surface area (TPSA) is 457 Å². The molecule has 0 aliphatic carbocycles. The predicted molar refractivity (Wildman–Crippen MR) is 364 cm³/mol. The molecule has 7 N–H and O–H groups in total. The van der Waals surface area contributed by atoms with Gasteiger partial charge in [0, 0.05) is 103 Å². The minimum absolute atomic E-state index is 0. The van der Waals surface area contributed by atoms with Crippen molar-refractivity contribution >= 4 is 52.7 Å². The number of ether oxygens (including phenoxy) is 6. The number of nitrogen functional groups attached to an aromatic ring is 1. The first-order valence-electron chi connectivity index (χ1n) is 29.6. The molecule has 1 fully saturated rings. The molecule has 0 saturated carbocycles. The third kappa shape index (κ3) is 30.2. The number of H-pyrrole nitrogens is 3. The molecule has 6 aromatic carbocycles. The Hall–Kier alpha value is -11.1. The standard InChI is InChI=1S/C21H17FN4O4.C12H9FN2O4.C11H7FN2O4.C11H9FN2O2.C6H3F2NO2.C6H7NO2.CH2O3.2Cs.H/c22-17-12-14(6-8-18(17)30-16-7-9-19(27)23-13-16)24-20(28)26-11-10-25(21(26)29)15-4-2-1-3-5-15;1-18-12-5-3-9(7-14-12)19-11-4-2-8(15(16)17)6-10(11)13;12-9-5-7(14(16)17)1-3-10(9)18-8-2-4-11(15)13-6-8;12-9-5-7(13)1-3-10(9)16-8-2-4-11(15)14-6-8;7-5-2-1-4(9(10)11)3-6(5)8;1-9-6-3-2-5(8)4-7-6;2-1-4-3;;;/h1-9,12-13H,10-11H2,(H,23,27)(H,24,28);2-7H,1H3;1-6H,(H,13,15);1-6H,13H2,(H,14,15);1-3H;2-4,8H,1H3;1,3H;;;/q;;;;;;;2*+1;-1/p-1. The number of nitrogens with one attached hydrogen (secondary N) is 4. The number of hydrogen-bond acceptors (Lipinski definition) is 24. The first-order chi connectivity index (χ1) is 51.2. The maximum atomic E-state index is 14.4. The Kier molecular flexibility index (Phi) is 38.3. The number of methoxy groups -OCH3 is 2. The molecule has 5 aromatic heterocycles. The van der Waals surface area contributed by atoms with Crippen molar-refractivity contribution < 1.29 is 238 Å². The van der Waals surface area contributed by atoms with Crippen molar-refractivity contribution in [3.8, 4) is 63.5 Å². The number of benzene rings is 6. The van der Waals surface area contributed by atoms with Gasteiger partial charge in [-0.25, -0.2) is 50.8 Å². The van der Waals surface area contributed by atoms with Crippen LogP contribution in [0.15, 0.2) is 227 Å². The van der Waals surface area contributed by atoms with Crippen molar-refractivity contribution in [3.05, 3.63) is 309 Å². The minimum atomic E-state index is -1.21. The molecule has 0 radical (unpaired) electrons. The normalized spacial score (nSPS) is 10.5. The SMILES string of the molecule is COc1ccc(O)cn1.COc1ccc(Oc2ccc([N+](=O)[O-])cc2F)cn1.Nc1ccc(Oc2ccc(=O)[nH]c2)c(F)c1.O=C(Nc1ccc(Oc2ccc(=O)[nH]c2)c(F)c1)N1CCN(c2ccccc2)C1=O.O=CO[O-].O=[N+]([O-])c1ccc(F)c(F)c1.O=c1ccc(Oc2ccc([N+](=O)[O-])cc2F)c[nH]1.[Cs+].[Cs+].[H-]. The van der Waals surface area contributed by atoms with Gasteiger partial charge in [0.05, 0.1) is 66.1 Å². The van der Waals surface area contributed by atoms with Gasteiger partial charge < -0.3 is 71.1 Å². The minimum Gasteiger partial charge on any atom is -1.00 e. The molecule has 556 valence electrons. The van der Waals surface area contributed by atoms with Gasteiger partial charge in [0.1, 0.15) is 28.7 Å². The summed E-state index contributed by atoms with van der Waals surface area (Å²) in [6, 6.07) is 38.5. The fraction of sp³-hybridized carbons (Fsp3) is 0.0588. The summed E-state index contributed by atoms with van der Waals surface area (Å²) >= 11 is 0. The third-order valence-corrected chi connectivity index (χ3v) is 12.9. The Morgan fingerprint density at radius 1 is 0.523 bits per heavy atom. The number of imide groups is 1. The van der Waals surface area contributed by atoms with Crippen LogP contribution in [0.5, 0.6) is 63.5 Å². The number of halogens is 6. The maximum absolute atomic E-state index is 14.4. The number of aromatic amines is 3. The fourth-order valence-electron chi connectivity index (χ4n) is 7.92. The van der Waals surface area contributed by atoms with Crippen molar-refractivity contribution in [2.24, 2.45) is 0 Å². The Morgan fingerprint density at radius 2 is 0.927 bits per heavy atom. The zero-order valence-corrected chi connectivity index (χ0v) is 69.3. The molecule has 0 unspecified atom stereocenters. The summed E-state index contributed by atoms with van der Waals surface area (Å²) in [5.41, 5.74) is 4.59. The number of non-ortho nitro benzene ring substituents is 3.